The highest BCUT2D eigenvalue weighted by molar-refractivity contribution is 8.00. The predicted molar refractivity (Wildman–Crippen MR) is 64.6 cm³/mol. The zero-order valence-electron chi connectivity index (χ0n) is 9.67. The lowest BCUT2D eigenvalue weighted by Gasteiger charge is -2.21. The monoisotopic (exact) mass is 227 g/mol. The fourth-order valence-corrected chi connectivity index (χ4v) is 2.58. The number of rotatable bonds is 2. The molecule has 1 atom stereocenters. The summed E-state index contributed by atoms with van der Waals surface area (Å²) >= 11 is 1.65. The van der Waals surface area contributed by atoms with E-state index in [1.54, 1.807) is 17.8 Å². The molecule has 0 aliphatic rings. The van der Waals surface area contributed by atoms with Crippen LogP contribution in [0.3, 0.4) is 0 Å². The van der Waals surface area contributed by atoms with Gasteiger partial charge in [-0.2, -0.15) is 0 Å². The Morgan fingerprint density at radius 1 is 1.33 bits per heavy atom. The van der Waals surface area contributed by atoms with E-state index < -0.39 is 0 Å². The highest BCUT2D eigenvalue weighted by Gasteiger charge is 2.18. The Labute approximate surface area is 95.2 Å². The van der Waals surface area contributed by atoms with Gasteiger partial charge in [-0.3, -0.25) is 0 Å². The fourth-order valence-electron chi connectivity index (χ4n) is 1.38. The molecule has 1 nitrogen and oxygen atoms in total. The molecule has 0 heterocycles. The molecule has 0 saturated carbocycles. The molecule has 0 amide bonds. The molecule has 0 aliphatic carbocycles. The van der Waals surface area contributed by atoms with E-state index in [1.807, 2.05) is 13.0 Å². The Morgan fingerprint density at radius 2 is 1.93 bits per heavy atom. The summed E-state index contributed by atoms with van der Waals surface area (Å²) in [5, 5.41) is 0. The second-order valence-corrected chi connectivity index (χ2v) is 6.52. The topological polar surface area (TPSA) is 26.0 Å². The van der Waals surface area contributed by atoms with Crippen LogP contribution in [0.4, 0.5) is 4.39 Å². The highest BCUT2D eigenvalue weighted by Crippen LogP contribution is 2.36. The lowest BCUT2D eigenvalue weighted by Crippen LogP contribution is -2.12. The smallest absolute Gasteiger partial charge is 0.129 e. The Balaban J connectivity index is 3.12. The van der Waals surface area contributed by atoms with Crippen molar-refractivity contribution in [3.63, 3.8) is 0 Å². The average molecular weight is 227 g/mol. The molecule has 2 N–H and O–H groups in total. The standard InChI is InChI=1S/C12H18FNS/c1-8(14)11-9(13)6-5-7-10(11)15-12(2,3)4/h5-8H,14H2,1-4H3/t8-/m1/s1. The van der Waals surface area contributed by atoms with E-state index in [0.29, 0.717) is 5.56 Å². The second kappa shape index (κ2) is 4.54. The molecule has 1 aromatic carbocycles. The number of benzene rings is 1. The maximum absolute atomic E-state index is 13.6. The molecule has 0 aliphatic heterocycles. The summed E-state index contributed by atoms with van der Waals surface area (Å²) < 4.78 is 13.6. The number of hydrogen-bond acceptors (Lipinski definition) is 2. The summed E-state index contributed by atoms with van der Waals surface area (Å²) in [5.74, 6) is -0.209. The van der Waals surface area contributed by atoms with Gasteiger partial charge in [-0.05, 0) is 19.1 Å². The fraction of sp³-hybridized carbons (Fsp3) is 0.500. The van der Waals surface area contributed by atoms with Gasteiger partial charge in [0.25, 0.3) is 0 Å². The van der Waals surface area contributed by atoms with Crippen molar-refractivity contribution in [3.05, 3.63) is 29.6 Å². The zero-order chi connectivity index (χ0) is 11.6. The van der Waals surface area contributed by atoms with Gasteiger partial charge in [0.1, 0.15) is 5.82 Å². The second-order valence-electron chi connectivity index (χ2n) is 4.65. The molecule has 15 heavy (non-hydrogen) atoms. The van der Waals surface area contributed by atoms with Crippen molar-refractivity contribution in [2.45, 2.75) is 43.4 Å². The maximum Gasteiger partial charge on any atom is 0.129 e. The molecule has 0 saturated heterocycles. The van der Waals surface area contributed by atoms with Crippen molar-refractivity contribution in [2.75, 3.05) is 0 Å². The molecule has 0 fully saturated rings. The zero-order valence-corrected chi connectivity index (χ0v) is 10.5. The molecule has 3 heteroatoms. The van der Waals surface area contributed by atoms with Crippen LogP contribution in [-0.4, -0.2) is 4.75 Å². The van der Waals surface area contributed by atoms with E-state index in [2.05, 4.69) is 20.8 Å². The van der Waals surface area contributed by atoms with Gasteiger partial charge in [-0.25, -0.2) is 4.39 Å². The molecule has 1 aromatic rings. The van der Waals surface area contributed by atoms with E-state index in [0.717, 1.165) is 4.90 Å². The van der Waals surface area contributed by atoms with Crippen LogP contribution in [0.15, 0.2) is 23.1 Å². The van der Waals surface area contributed by atoms with Gasteiger partial charge in [-0.15, -0.1) is 11.8 Å². The van der Waals surface area contributed by atoms with Crippen molar-refractivity contribution in [3.8, 4) is 0 Å². The minimum absolute atomic E-state index is 0.0669. The van der Waals surface area contributed by atoms with Crippen molar-refractivity contribution in [1.82, 2.24) is 0 Å². The molecule has 0 radical (unpaired) electrons. The van der Waals surface area contributed by atoms with Crippen LogP contribution < -0.4 is 5.73 Å². The summed E-state index contributed by atoms with van der Waals surface area (Å²) in [6, 6.07) is 4.86. The van der Waals surface area contributed by atoms with Gasteiger partial charge in [0.2, 0.25) is 0 Å². The molecule has 0 unspecified atom stereocenters. The van der Waals surface area contributed by atoms with Crippen molar-refractivity contribution in [2.24, 2.45) is 5.73 Å². The van der Waals surface area contributed by atoms with E-state index >= 15 is 0 Å². The summed E-state index contributed by atoms with van der Waals surface area (Å²) in [4.78, 5) is 0.942. The third-order valence-electron chi connectivity index (χ3n) is 1.88. The molecular formula is C12H18FNS. The third-order valence-corrected chi connectivity index (χ3v) is 3.07. The molecular weight excluding hydrogens is 209 g/mol. The van der Waals surface area contributed by atoms with Crippen molar-refractivity contribution in [1.29, 1.82) is 0 Å². The Hall–Kier alpha value is -0.540. The van der Waals surface area contributed by atoms with Gasteiger partial charge in [-0.1, -0.05) is 26.8 Å². The summed E-state index contributed by atoms with van der Waals surface area (Å²) in [6.07, 6.45) is 0. The molecule has 0 aromatic heterocycles. The van der Waals surface area contributed by atoms with E-state index in [-0.39, 0.29) is 16.6 Å². The first-order chi connectivity index (χ1) is 6.81. The normalized spacial score (nSPS) is 14.0. The lowest BCUT2D eigenvalue weighted by molar-refractivity contribution is 0.585. The van der Waals surface area contributed by atoms with Crippen LogP contribution in [0.2, 0.25) is 0 Å². The number of nitrogens with two attached hydrogens (primary N) is 1. The molecule has 0 bridgehead atoms. The Morgan fingerprint density at radius 3 is 2.40 bits per heavy atom. The summed E-state index contributed by atoms with van der Waals surface area (Å²) in [6.45, 7) is 8.12. The molecule has 0 spiro atoms. The van der Waals surface area contributed by atoms with Crippen LogP contribution in [0.25, 0.3) is 0 Å². The van der Waals surface area contributed by atoms with Crippen LogP contribution in [-0.2, 0) is 0 Å². The minimum atomic E-state index is -0.268. The van der Waals surface area contributed by atoms with Crippen molar-refractivity contribution >= 4 is 11.8 Å². The molecule has 84 valence electrons. The van der Waals surface area contributed by atoms with Gasteiger partial charge in [0, 0.05) is 21.2 Å². The van der Waals surface area contributed by atoms with Gasteiger partial charge in [0.05, 0.1) is 0 Å². The van der Waals surface area contributed by atoms with Gasteiger partial charge < -0.3 is 5.73 Å². The van der Waals surface area contributed by atoms with Crippen LogP contribution in [0.5, 0.6) is 0 Å². The number of hydrogen-bond donors (Lipinski definition) is 1. The lowest BCUT2D eigenvalue weighted by atomic mass is 10.1. The third kappa shape index (κ3) is 3.50. The Kier molecular flexibility index (Phi) is 3.79. The van der Waals surface area contributed by atoms with Crippen molar-refractivity contribution < 1.29 is 4.39 Å². The first-order valence-corrected chi connectivity index (χ1v) is 5.86. The SMILES string of the molecule is C[C@@H](N)c1c(F)cccc1SC(C)(C)C. The van der Waals surface area contributed by atoms with Gasteiger partial charge >= 0.3 is 0 Å². The first kappa shape index (κ1) is 12.5. The quantitative estimate of drug-likeness (QED) is 0.779. The van der Waals surface area contributed by atoms with Gasteiger partial charge in [0.15, 0.2) is 0 Å². The Bertz CT molecular complexity index is 342. The first-order valence-electron chi connectivity index (χ1n) is 5.04. The summed E-state index contributed by atoms with van der Waals surface area (Å²) in [7, 11) is 0. The van der Waals surface area contributed by atoms with Crippen LogP contribution in [0.1, 0.15) is 39.3 Å². The maximum atomic E-state index is 13.6. The number of thioether (sulfide) groups is 1. The number of halogens is 1. The predicted octanol–water partition coefficient (Wildman–Crippen LogP) is 3.74. The van der Waals surface area contributed by atoms with E-state index in [4.69, 9.17) is 5.73 Å². The summed E-state index contributed by atoms with van der Waals surface area (Å²) in [5.41, 5.74) is 6.40. The van der Waals surface area contributed by atoms with Crippen LogP contribution >= 0.6 is 11.8 Å². The average Bonchev–Trinajstić information content (AvgIpc) is 1.99. The van der Waals surface area contributed by atoms with Crippen LogP contribution in [0, 0.1) is 5.82 Å². The van der Waals surface area contributed by atoms with E-state index in [1.165, 1.54) is 6.07 Å². The highest BCUT2D eigenvalue weighted by atomic mass is 32.2. The molecule has 1 rings (SSSR count). The minimum Gasteiger partial charge on any atom is -0.324 e. The largest absolute Gasteiger partial charge is 0.324 e. The van der Waals surface area contributed by atoms with E-state index in [9.17, 15) is 4.39 Å².